The van der Waals surface area contributed by atoms with Gasteiger partial charge in [-0.15, -0.1) is 0 Å². The van der Waals surface area contributed by atoms with Gasteiger partial charge in [0.05, 0.1) is 29.3 Å². The number of rotatable bonds is 6. The van der Waals surface area contributed by atoms with E-state index in [-0.39, 0.29) is 17.9 Å². The predicted octanol–water partition coefficient (Wildman–Crippen LogP) is 6.60. The summed E-state index contributed by atoms with van der Waals surface area (Å²) in [6.07, 6.45) is 1.59. The number of hydrogen-bond donors (Lipinski definition) is 1. The Morgan fingerprint density at radius 1 is 1.14 bits per heavy atom. The molecule has 4 nitrogen and oxygen atoms in total. The van der Waals surface area contributed by atoms with Gasteiger partial charge in [-0.05, 0) is 62.6 Å². The van der Waals surface area contributed by atoms with Crippen molar-refractivity contribution in [1.82, 2.24) is 0 Å². The van der Waals surface area contributed by atoms with Crippen molar-refractivity contribution < 1.29 is 9.53 Å². The van der Waals surface area contributed by atoms with Crippen LogP contribution in [0.15, 0.2) is 36.4 Å². The van der Waals surface area contributed by atoms with E-state index < -0.39 is 0 Å². The highest BCUT2D eigenvalue weighted by atomic mass is 35.5. The lowest BCUT2D eigenvalue weighted by molar-refractivity contribution is -0.148. The fourth-order valence-electron chi connectivity index (χ4n) is 3.62. The molecule has 0 aliphatic carbocycles. The quantitative estimate of drug-likeness (QED) is 0.498. The second kappa shape index (κ2) is 9.92. The maximum Gasteiger partial charge on any atom is 0.309 e. The molecule has 3 rings (SSSR count). The molecule has 1 unspecified atom stereocenters. The summed E-state index contributed by atoms with van der Waals surface area (Å²) in [5.41, 5.74) is 2.87. The minimum absolute atomic E-state index is 0.0110. The van der Waals surface area contributed by atoms with Crippen molar-refractivity contribution >= 4 is 52.1 Å². The third-order valence-electron chi connectivity index (χ3n) is 5.23. The van der Waals surface area contributed by atoms with Crippen LogP contribution < -0.4 is 10.2 Å². The standard InChI is InChI=1S/C22H25Cl3N2O2/c1-3-29-22(28)15-8-10-27(11-9-15)17-5-7-19(24)21(13-17)26-14(2)18-6-4-16(23)12-20(18)25/h4-7,12-15,26H,3,8-11H2,1-2H3. The van der Waals surface area contributed by atoms with Crippen LogP contribution >= 0.6 is 34.8 Å². The van der Waals surface area contributed by atoms with Gasteiger partial charge in [0.25, 0.3) is 0 Å². The number of carbonyl (C=O) groups excluding carboxylic acids is 1. The fourth-order valence-corrected chi connectivity index (χ4v) is 4.36. The molecular weight excluding hydrogens is 431 g/mol. The number of anilines is 2. The highest BCUT2D eigenvalue weighted by molar-refractivity contribution is 6.35. The molecule has 0 aromatic heterocycles. The van der Waals surface area contributed by atoms with E-state index in [9.17, 15) is 4.79 Å². The molecule has 0 spiro atoms. The summed E-state index contributed by atoms with van der Waals surface area (Å²) >= 11 is 18.8. The number of esters is 1. The number of nitrogens with zero attached hydrogens (tertiary/aromatic N) is 1. The molecule has 2 aromatic carbocycles. The summed E-state index contributed by atoms with van der Waals surface area (Å²) in [7, 11) is 0. The third-order valence-corrected chi connectivity index (χ3v) is 6.12. The van der Waals surface area contributed by atoms with Crippen molar-refractivity contribution in [1.29, 1.82) is 0 Å². The zero-order chi connectivity index (χ0) is 21.0. The number of ether oxygens (including phenoxy) is 1. The van der Waals surface area contributed by atoms with Gasteiger partial charge < -0.3 is 15.0 Å². The lowest BCUT2D eigenvalue weighted by Crippen LogP contribution is -2.37. The number of halogens is 3. The average Bonchev–Trinajstić information content (AvgIpc) is 2.70. The molecule has 1 heterocycles. The van der Waals surface area contributed by atoms with Gasteiger partial charge >= 0.3 is 5.97 Å². The monoisotopic (exact) mass is 454 g/mol. The van der Waals surface area contributed by atoms with Crippen LogP contribution in [0.4, 0.5) is 11.4 Å². The van der Waals surface area contributed by atoms with Crippen molar-refractivity contribution in [3.8, 4) is 0 Å². The Hall–Kier alpha value is -1.62. The van der Waals surface area contributed by atoms with Crippen molar-refractivity contribution in [2.45, 2.75) is 32.7 Å². The highest BCUT2D eigenvalue weighted by Gasteiger charge is 2.26. The van der Waals surface area contributed by atoms with Crippen LogP contribution in [0.2, 0.25) is 15.1 Å². The molecule has 1 aliphatic heterocycles. The molecule has 0 amide bonds. The van der Waals surface area contributed by atoms with E-state index in [4.69, 9.17) is 39.5 Å². The number of hydrogen-bond acceptors (Lipinski definition) is 4. The van der Waals surface area contributed by atoms with E-state index in [1.165, 1.54) is 0 Å². The van der Waals surface area contributed by atoms with Gasteiger partial charge in [-0.3, -0.25) is 4.79 Å². The largest absolute Gasteiger partial charge is 0.466 e. The first-order valence-electron chi connectivity index (χ1n) is 9.81. The van der Waals surface area contributed by atoms with Crippen LogP contribution in [0.5, 0.6) is 0 Å². The second-order valence-corrected chi connectivity index (χ2v) is 8.46. The van der Waals surface area contributed by atoms with Crippen molar-refractivity contribution in [2.24, 2.45) is 5.92 Å². The lowest BCUT2D eigenvalue weighted by atomic mass is 9.96. The van der Waals surface area contributed by atoms with Gasteiger partial charge in [0.1, 0.15) is 0 Å². The highest BCUT2D eigenvalue weighted by Crippen LogP contribution is 2.34. The Morgan fingerprint density at radius 2 is 1.86 bits per heavy atom. The Labute approximate surface area is 187 Å². The van der Waals surface area contributed by atoms with E-state index in [0.29, 0.717) is 21.7 Å². The molecule has 1 fully saturated rings. The SMILES string of the molecule is CCOC(=O)C1CCN(c2ccc(Cl)c(NC(C)c3ccc(Cl)cc3Cl)c2)CC1. The summed E-state index contributed by atoms with van der Waals surface area (Å²) in [4.78, 5) is 14.2. The molecule has 0 radical (unpaired) electrons. The fraction of sp³-hybridized carbons (Fsp3) is 0.409. The molecular formula is C22H25Cl3N2O2. The van der Waals surface area contributed by atoms with E-state index in [1.54, 1.807) is 6.07 Å². The second-order valence-electron chi connectivity index (χ2n) is 7.21. The Balaban J connectivity index is 1.69. The number of carbonyl (C=O) groups is 1. The Morgan fingerprint density at radius 3 is 2.52 bits per heavy atom. The summed E-state index contributed by atoms with van der Waals surface area (Å²) in [5, 5.41) is 5.32. The van der Waals surface area contributed by atoms with Gasteiger partial charge in [0.2, 0.25) is 0 Å². The topological polar surface area (TPSA) is 41.6 Å². The van der Waals surface area contributed by atoms with Crippen LogP contribution in [0.3, 0.4) is 0 Å². The van der Waals surface area contributed by atoms with Crippen molar-refractivity contribution in [3.05, 3.63) is 57.0 Å². The van der Waals surface area contributed by atoms with E-state index in [0.717, 1.165) is 42.9 Å². The summed E-state index contributed by atoms with van der Waals surface area (Å²) in [6, 6.07) is 11.4. The number of benzene rings is 2. The van der Waals surface area contributed by atoms with Crippen LogP contribution in [-0.2, 0) is 9.53 Å². The van der Waals surface area contributed by atoms with Crippen LogP contribution in [0, 0.1) is 5.92 Å². The first kappa shape index (κ1) is 22.1. The van der Waals surface area contributed by atoms with E-state index >= 15 is 0 Å². The van der Waals surface area contributed by atoms with Crippen LogP contribution in [-0.4, -0.2) is 25.7 Å². The maximum atomic E-state index is 12.0. The summed E-state index contributed by atoms with van der Waals surface area (Å²) in [6.45, 7) is 5.92. The van der Waals surface area contributed by atoms with E-state index in [2.05, 4.69) is 10.2 Å². The average molecular weight is 456 g/mol. The Bertz CT molecular complexity index is 867. The molecule has 7 heteroatoms. The number of piperidine rings is 1. The third kappa shape index (κ3) is 5.50. The Kier molecular flexibility index (Phi) is 7.55. The van der Waals surface area contributed by atoms with Gasteiger partial charge in [-0.25, -0.2) is 0 Å². The minimum Gasteiger partial charge on any atom is -0.466 e. The van der Waals surface area contributed by atoms with Crippen molar-refractivity contribution in [3.63, 3.8) is 0 Å². The molecule has 1 saturated heterocycles. The zero-order valence-electron chi connectivity index (χ0n) is 16.6. The zero-order valence-corrected chi connectivity index (χ0v) is 18.8. The van der Waals surface area contributed by atoms with Crippen LogP contribution in [0.1, 0.15) is 38.3 Å². The molecule has 0 bridgehead atoms. The lowest BCUT2D eigenvalue weighted by Gasteiger charge is -2.33. The summed E-state index contributed by atoms with van der Waals surface area (Å²) in [5.74, 6) is -0.0950. The molecule has 1 N–H and O–H groups in total. The number of nitrogens with one attached hydrogen (secondary N) is 1. The van der Waals surface area contributed by atoms with Crippen molar-refractivity contribution in [2.75, 3.05) is 29.9 Å². The van der Waals surface area contributed by atoms with Gasteiger partial charge in [-0.2, -0.15) is 0 Å². The molecule has 0 saturated carbocycles. The first-order valence-corrected chi connectivity index (χ1v) is 10.9. The smallest absolute Gasteiger partial charge is 0.309 e. The molecule has 156 valence electrons. The first-order chi connectivity index (χ1) is 13.9. The predicted molar refractivity (Wildman–Crippen MR) is 122 cm³/mol. The molecule has 1 atom stereocenters. The van der Waals surface area contributed by atoms with Gasteiger partial charge in [0, 0.05) is 28.8 Å². The normalized spacial score (nSPS) is 15.8. The molecule has 2 aromatic rings. The van der Waals surface area contributed by atoms with Crippen LogP contribution in [0.25, 0.3) is 0 Å². The minimum atomic E-state index is -0.0840. The van der Waals surface area contributed by atoms with E-state index in [1.807, 2.05) is 44.2 Å². The van der Waals surface area contributed by atoms with Gasteiger partial charge in [-0.1, -0.05) is 40.9 Å². The summed E-state index contributed by atoms with van der Waals surface area (Å²) < 4.78 is 5.16. The molecule has 1 aliphatic rings. The maximum absolute atomic E-state index is 12.0. The molecule has 29 heavy (non-hydrogen) atoms. The van der Waals surface area contributed by atoms with Gasteiger partial charge in [0.15, 0.2) is 0 Å².